The van der Waals surface area contributed by atoms with Crippen LogP contribution in [-0.4, -0.2) is 43.0 Å². The van der Waals surface area contributed by atoms with Gasteiger partial charge in [-0.1, -0.05) is 0 Å². The van der Waals surface area contributed by atoms with Gasteiger partial charge in [0.15, 0.2) is 0 Å². The van der Waals surface area contributed by atoms with Crippen LogP contribution in [0.4, 0.5) is 0 Å². The van der Waals surface area contributed by atoms with Gasteiger partial charge in [-0.3, -0.25) is 0 Å². The van der Waals surface area contributed by atoms with E-state index in [0.717, 1.165) is 12.5 Å². The van der Waals surface area contributed by atoms with Crippen LogP contribution in [0.5, 0.6) is 0 Å². The van der Waals surface area contributed by atoms with Crippen LogP contribution >= 0.6 is 0 Å². The molecule has 0 fully saturated rings. The largest absolute Gasteiger partial charge is 0.500 e. The molecule has 0 spiro atoms. The van der Waals surface area contributed by atoms with E-state index in [-0.39, 0.29) is 6.23 Å². The molecule has 0 aliphatic rings. The van der Waals surface area contributed by atoms with Crippen molar-refractivity contribution in [2.75, 3.05) is 27.9 Å². The predicted octanol–water partition coefficient (Wildman–Crippen LogP) is 0.576. The lowest BCUT2D eigenvalue weighted by atomic mass is 10.5. The second-order valence-corrected chi connectivity index (χ2v) is 6.07. The minimum Gasteiger partial charge on any atom is -0.377 e. The second kappa shape index (κ2) is 7.33. The summed E-state index contributed by atoms with van der Waals surface area (Å²) in [7, 11) is 2.40. The Hall–Kier alpha value is 0.0169. The first-order valence-electron chi connectivity index (χ1n) is 4.63. The summed E-state index contributed by atoms with van der Waals surface area (Å²) in [6.45, 7) is 2.40. The van der Waals surface area contributed by atoms with E-state index in [2.05, 4.69) is 0 Å². The lowest BCUT2D eigenvalue weighted by Crippen LogP contribution is -2.42. The fourth-order valence-electron chi connectivity index (χ4n) is 1.11. The van der Waals surface area contributed by atoms with Crippen LogP contribution in [-0.2, 0) is 18.0 Å². The molecule has 1 atom stereocenters. The Bertz CT molecular complexity index is 133. The van der Waals surface area contributed by atoms with E-state index in [9.17, 15) is 0 Å². The molecule has 86 valence electrons. The van der Waals surface area contributed by atoms with Gasteiger partial charge in [-0.25, -0.2) is 0 Å². The molecule has 0 amide bonds. The number of hydrogen-bond acceptors (Lipinski definition) is 5. The fraction of sp³-hybridized carbons (Fsp3) is 1.00. The maximum Gasteiger partial charge on any atom is 0.500 e. The van der Waals surface area contributed by atoms with Gasteiger partial charge < -0.3 is 23.7 Å². The third kappa shape index (κ3) is 5.04. The average Bonchev–Trinajstić information content (AvgIpc) is 2.19. The summed E-state index contributed by atoms with van der Waals surface area (Å²) >= 11 is 0. The molecule has 0 radical (unpaired) electrons. The molecular weight excluding hydrogens is 202 g/mol. The highest BCUT2D eigenvalue weighted by Crippen LogP contribution is 2.14. The van der Waals surface area contributed by atoms with Crippen LogP contribution in [0, 0.1) is 0 Å². The fourth-order valence-corrected chi connectivity index (χ4v) is 2.80. The smallest absolute Gasteiger partial charge is 0.377 e. The molecule has 0 aromatic rings. The number of hydrogen-bond donors (Lipinski definition) is 1. The lowest BCUT2D eigenvalue weighted by Gasteiger charge is -2.24. The molecule has 0 heterocycles. The Morgan fingerprint density at radius 3 is 2.00 bits per heavy atom. The molecule has 0 aromatic carbocycles. The Morgan fingerprint density at radius 2 is 1.64 bits per heavy atom. The zero-order valence-corrected chi connectivity index (χ0v) is 10.4. The van der Waals surface area contributed by atoms with E-state index in [1.165, 1.54) is 0 Å². The van der Waals surface area contributed by atoms with Gasteiger partial charge in [0, 0.05) is 34.0 Å². The Balaban J connectivity index is 3.71. The van der Waals surface area contributed by atoms with E-state index in [1.54, 1.807) is 28.3 Å². The molecule has 2 N–H and O–H groups in total. The van der Waals surface area contributed by atoms with Crippen molar-refractivity contribution in [2.45, 2.75) is 25.6 Å². The summed E-state index contributed by atoms with van der Waals surface area (Å²) in [5.74, 6) is 0. The van der Waals surface area contributed by atoms with Crippen LogP contribution < -0.4 is 5.73 Å². The van der Waals surface area contributed by atoms with Crippen LogP contribution in [0.2, 0.25) is 6.04 Å². The quantitative estimate of drug-likeness (QED) is 0.370. The van der Waals surface area contributed by atoms with Gasteiger partial charge in [-0.15, -0.1) is 0 Å². The predicted molar refractivity (Wildman–Crippen MR) is 55.8 cm³/mol. The lowest BCUT2D eigenvalue weighted by molar-refractivity contribution is 0.0650. The van der Waals surface area contributed by atoms with E-state index < -0.39 is 8.80 Å². The van der Waals surface area contributed by atoms with Crippen molar-refractivity contribution in [3.63, 3.8) is 0 Å². The molecule has 0 aromatic heterocycles. The van der Waals surface area contributed by atoms with Crippen LogP contribution in [0.1, 0.15) is 13.3 Å². The first-order valence-corrected chi connectivity index (χ1v) is 6.56. The first-order chi connectivity index (χ1) is 6.60. The van der Waals surface area contributed by atoms with Crippen LogP contribution in [0.25, 0.3) is 0 Å². The van der Waals surface area contributed by atoms with Gasteiger partial charge in [-0.2, -0.15) is 0 Å². The second-order valence-electron chi connectivity index (χ2n) is 2.97. The SMILES string of the molecule is CO[Si](CCCOC(C)N)(OC)OC. The summed E-state index contributed by atoms with van der Waals surface area (Å²) in [6.07, 6.45) is 0.599. The average molecular weight is 223 g/mol. The molecule has 6 heteroatoms. The minimum atomic E-state index is -2.41. The van der Waals surface area contributed by atoms with Crippen molar-refractivity contribution < 1.29 is 18.0 Å². The van der Waals surface area contributed by atoms with Crippen LogP contribution in [0.15, 0.2) is 0 Å². The maximum absolute atomic E-state index is 5.44. The minimum absolute atomic E-state index is 0.223. The van der Waals surface area contributed by atoms with Crippen LogP contribution in [0.3, 0.4) is 0 Å². The molecule has 0 saturated heterocycles. The molecular formula is C8H21NO4Si. The highest BCUT2D eigenvalue weighted by molar-refractivity contribution is 6.60. The molecule has 0 rings (SSSR count). The first kappa shape index (κ1) is 14.0. The molecule has 0 bridgehead atoms. The standard InChI is InChI=1S/C8H21NO4Si/c1-8(9)13-6-5-7-14(10-2,11-3)12-4/h8H,5-7,9H2,1-4H3. The Morgan fingerprint density at radius 1 is 1.14 bits per heavy atom. The molecule has 5 nitrogen and oxygen atoms in total. The van der Waals surface area contributed by atoms with Crippen molar-refractivity contribution in [3.05, 3.63) is 0 Å². The molecule has 0 aliphatic carbocycles. The molecule has 0 saturated carbocycles. The zero-order chi connectivity index (χ0) is 11.0. The summed E-state index contributed by atoms with van der Waals surface area (Å²) in [5.41, 5.74) is 5.44. The summed E-state index contributed by atoms with van der Waals surface area (Å²) < 4.78 is 21.0. The summed E-state index contributed by atoms with van der Waals surface area (Å²) in [4.78, 5) is 0. The van der Waals surface area contributed by atoms with E-state index in [0.29, 0.717) is 6.61 Å². The van der Waals surface area contributed by atoms with E-state index in [1.807, 2.05) is 0 Å². The van der Waals surface area contributed by atoms with Crippen molar-refractivity contribution in [1.82, 2.24) is 0 Å². The monoisotopic (exact) mass is 223 g/mol. The molecule has 0 aliphatic heterocycles. The number of rotatable bonds is 8. The Kier molecular flexibility index (Phi) is 7.34. The normalized spacial score (nSPS) is 14.4. The maximum atomic E-state index is 5.44. The summed E-state index contributed by atoms with van der Waals surface area (Å²) in [6, 6.07) is 0.739. The van der Waals surface area contributed by atoms with Crippen molar-refractivity contribution in [1.29, 1.82) is 0 Å². The third-order valence-corrected chi connectivity index (χ3v) is 4.77. The van der Waals surface area contributed by atoms with Gasteiger partial charge in [0.25, 0.3) is 0 Å². The van der Waals surface area contributed by atoms with E-state index in [4.69, 9.17) is 23.7 Å². The number of nitrogens with two attached hydrogens (primary N) is 1. The topological polar surface area (TPSA) is 62.9 Å². The van der Waals surface area contributed by atoms with E-state index >= 15 is 0 Å². The highest BCUT2D eigenvalue weighted by atomic mass is 28.4. The van der Waals surface area contributed by atoms with Gasteiger partial charge in [-0.05, 0) is 13.3 Å². The van der Waals surface area contributed by atoms with Gasteiger partial charge in [0.2, 0.25) is 0 Å². The van der Waals surface area contributed by atoms with Crippen molar-refractivity contribution in [3.8, 4) is 0 Å². The van der Waals surface area contributed by atoms with Gasteiger partial charge in [0.1, 0.15) is 6.23 Å². The van der Waals surface area contributed by atoms with Gasteiger partial charge >= 0.3 is 8.80 Å². The third-order valence-electron chi connectivity index (χ3n) is 1.94. The zero-order valence-electron chi connectivity index (χ0n) is 9.41. The van der Waals surface area contributed by atoms with Crippen molar-refractivity contribution in [2.24, 2.45) is 5.73 Å². The molecule has 14 heavy (non-hydrogen) atoms. The number of ether oxygens (including phenoxy) is 1. The van der Waals surface area contributed by atoms with Crippen molar-refractivity contribution >= 4 is 8.80 Å². The highest BCUT2D eigenvalue weighted by Gasteiger charge is 2.36. The Labute approximate surface area is 86.8 Å². The molecule has 1 unspecified atom stereocenters. The summed E-state index contributed by atoms with van der Waals surface area (Å²) in [5, 5.41) is 0. The van der Waals surface area contributed by atoms with Gasteiger partial charge in [0.05, 0.1) is 0 Å².